The smallest absolute Gasteiger partial charge is 0.243 e. The van der Waals surface area contributed by atoms with Crippen LogP contribution < -0.4 is 16.0 Å². The number of amides is 2. The van der Waals surface area contributed by atoms with E-state index in [9.17, 15) is 9.59 Å². The van der Waals surface area contributed by atoms with Gasteiger partial charge in [0.25, 0.3) is 0 Å². The fourth-order valence-corrected chi connectivity index (χ4v) is 3.16. The van der Waals surface area contributed by atoms with Crippen LogP contribution in [0.5, 0.6) is 0 Å². The van der Waals surface area contributed by atoms with Gasteiger partial charge in [-0.1, -0.05) is 12.8 Å². The molecule has 0 spiro atoms. The van der Waals surface area contributed by atoms with Crippen molar-refractivity contribution in [2.75, 3.05) is 13.1 Å². The SMILES string of the molecule is CC(=O)NC(C(=O)NC1CCNCC1)C1CCCC1. The number of nitrogens with one attached hydrogen (secondary N) is 3. The maximum absolute atomic E-state index is 12.4. The first kappa shape index (κ1) is 14.3. The van der Waals surface area contributed by atoms with Gasteiger partial charge in [-0.25, -0.2) is 0 Å². The van der Waals surface area contributed by atoms with Gasteiger partial charge in [0.05, 0.1) is 0 Å². The predicted molar refractivity (Wildman–Crippen MR) is 73.6 cm³/mol. The average Bonchev–Trinajstić information content (AvgIpc) is 2.90. The molecule has 1 aliphatic carbocycles. The van der Waals surface area contributed by atoms with Crippen molar-refractivity contribution >= 4 is 11.8 Å². The Balaban J connectivity index is 1.91. The summed E-state index contributed by atoms with van der Waals surface area (Å²) >= 11 is 0. The fraction of sp³-hybridized carbons (Fsp3) is 0.857. The van der Waals surface area contributed by atoms with Crippen molar-refractivity contribution in [2.45, 2.75) is 57.5 Å². The normalized spacial score (nSPS) is 23.0. The van der Waals surface area contributed by atoms with E-state index in [1.807, 2.05) is 0 Å². The highest BCUT2D eigenvalue weighted by molar-refractivity contribution is 5.87. The molecule has 2 fully saturated rings. The molecule has 1 unspecified atom stereocenters. The van der Waals surface area contributed by atoms with Crippen LogP contribution in [0, 0.1) is 5.92 Å². The van der Waals surface area contributed by atoms with Gasteiger partial charge in [0.15, 0.2) is 0 Å². The summed E-state index contributed by atoms with van der Waals surface area (Å²) in [6.07, 6.45) is 6.38. The van der Waals surface area contributed by atoms with Crippen LogP contribution >= 0.6 is 0 Å². The Labute approximate surface area is 114 Å². The summed E-state index contributed by atoms with van der Waals surface area (Å²) in [5.41, 5.74) is 0. The molecule has 5 heteroatoms. The molecule has 2 amide bonds. The van der Waals surface area contributed by atoms with Crippen LogP contribution in [0.15, 0.2) is 0 Å². The van der Waals surface area contributed by atoms with Crippen LogP contribution in [0.25, 0.3) is 0 Å². The summed E-state index contributed by atoms with van der Waals surface area (Å²) in [5.74, 6) is 0.206. The maximum atomic E-state index is 12.4. The van der Waals surface area contributed by atoms with Crippen molar-refractivity contribution in [1.82, 2.24) is 16.0 Å². The van der Waals surface area contributed by atoms with Gasteiger partial charge >= 0.3 is 0 Å². The van der Waals surface area contributed by atoms with E-state index in [1.165, 1.54) is 19.8 Å². The predicted octanol–water partition coefficient (Wildman–Crippen LogP) is 0.549. The number of carbonyl (C=O) groups excluding carboxylic acids is 2. The van der Waals surface area contributed by atoms with Crippen LogP contribution in [0.4, 0.5) is 0 Å². The highest BCUT2D eigenvalue weighted by Crippen LogP contribution is 2.28. The van der Waals surface area contributed by atoms with Gasteiger partial charge in [0, 0.05) is 13.0 Å². The Bertz CT molecular complexity index is 321. The minimum Gasteiger partial charge on any atom is -0.351 e. The average molecular weight is 267 g/mol. The van der Waals surface area contributed by atoms with E-state index >= 15 is 0 Å². The number of carbonyl (C=O) groups is 2. The van der Waals surface area contributed by atoms with Crippen LogP contribution in [0.1, 0.15) is 45.4 Å². The first-order valence-corrected chi connectivity index (χ1v) is 7.45. The second kappa shape index (κ2) is 6.89. The summed E-state index contributed by atoms with van der Waals surface area (Å²) in [6.45, 7) is 3.40. The van der Waals surface area contributed by atoms with Gasteiger partial charge in [0.2, 0.25) is 11.8 Å². The molecule has 19 heavy (non-hydrogen) atoms. The summed E-state index contributed by atoms with van der Waals surface area (Å²) in [7, 11) is 0. The van der Waals surface area contributed by atoms with Gasteiger partial charge < -0.3 is 16.0 Å². The van der Waals surface area contributed by atoms with Crippen molar-refractivity contribution in [3.63, 3.8) is 0 Å². The van der Waals surface area contributed by atoms with Crippen molar-refractivity contribution in [1.29, 1.82) is 0 Å². The van der Waals surface area contributed by atoms with E-state index in [4.69, 9.17) is 0 Å². The van der Waals surface area contributed by atoms with E-state index in [0.717, 1.165) is 38.8 Å². The zero-order valence-electron chi connectivity index (χ0n) is 11.7. The fourth-order valence-electron chi connectivity index (χ4n) is 3.16. The lowest BCUT2D eigenvalue weighted by Gasteiger charge is -2.28. The van der Waals surface area contributed by atoms with Gasteiger partial charge in [0.1, 0.15) is 6.04 Å². The molecule has 5 nitrogen and oxygen atoms in total. The molecule has 2 aliphatic rings. The Kier molecular flexibility index (Phi) is 5.19. The van der Waals surface area contributed by atoms with Crippen molar-refractivity contribution in [3.8, 4) is 0 Å². The van der Waals surface area contributed by atoms with Crippen LogP contribution in [0.3, 0.4) is 0 Å². The molecule has 1 atom stereocenters. The zero-order chi connectivity index (χ0) is 13.7. The third-order valence-corrected chi connectivity index (χ3v) is 4.20. The number of rotatable bonds is 4. The Hall–Kier alpha value is -1.10. The Morgan fingerprint density at radius 2 is 1.74 bits per heavy atom. The lowest BCUT2D eigenvalue weighted by molar-refractivity contribution is -0.130. The van der Waals surface area contributed by atoms with Gasteiger partial charge in [-0.15, -0.1) is 0 Å². The van der Waals surface area contributed by atoms with Crippen LogP contribution in [-0.2, 0) is 9.59 Å². The van der Waals surface area contributed by atoms with E-state index in [0.29, 0.717) is 5.92 Å². The first-order chi connectivity index (χ1) is 9.16. The molecule has 1 aliphatic heterocycles. The molecule has 0 aromatic carbocycles. The topological polar surface area (TPSA) is 70.2 Å². The number of piperidine rings is 1. The van der Waals surface area contributed by atoms with Crippen LogP contribution in [0.2, 0.25) is 0 Å². The highest BCUT2D eigenvalue weighted by atomic mass is 16.2. The summed E-state index contributed by atoms with van der Waals surface area (Å²) < 4.78 is 0. The first-order valence-electron chi connectivity index (χ1n) is 7.45. The molecule has 0 aromatic rings. The number of hydrogen-bond acceptors (Lipinski definition) is 3. The molecule has 0 aromatic heterocycles. The largest absolute Gasteiger partial charge is 0.351 e. The summed E-state index contributed by atoms with van der Waals surface area (Å²) in [6, 6.07) is -0.0821. The maximum Gasteiger partial charge on any atom is 0.243 e. The third-order valence-electron chi connectivity index (χ3n) is 4.20. The van der Waals surface area contributed by atoms with Crippen molar-refractivity contribution in [2.24, 2.45) is 5.92 Å². The summed E-state index contributed by atoms with van der Waals surface area (Å²) in [5, 5.41) is 9.24. The molecule has 0 radical (unpaired) electrons. The van der Waals surface area contributed by atoms with E-state index in [-0.39, 0.29) is 23.9 Å². The molecule has 108 valence electrons. The third kappa shape index (κ3) is 4.20. The molecule has 0 bridgehead atoms. The lowest BCUT2D eigenvalue weighted by Crippen LogP contribution is -2.53. The van der Waals surface area contributed by atoms with Crippen LogP contribution in [-0.4, -0.2) is 37.0 Å². The van der Waals surface area contributed by atoms with Gasteiger partial charge in [-0.05, 0) is 44.7 Å². The van der Waals surface area contributed by atoms with Gasteiger partial charge in [-0.2, -0.15) is 0 Å². The molecule has 1 heterocycles. The highest BCUT2D eigenvalue weighted by Gasteiger charge is 2.32. The number of hydrogen-bond donors (Lipinski definition) is 3. The molecule has 1 saturated heterocycles. The lowest BCUT2D eigenvalue weighted by atomic mass is 9.96. The van der Waals surface area contributed by atoms with Crippen molar-refractivity contribution < 1.29 is 9.59 Å². The van der Waals surface area contributed by atoms with Gasteiger partial charge in [-0.3, -0.25) is 9.59 Å². The second-order valence-electron chi connectivity index (χ2n) is 5.76. The zero-order valence-corrected chi connectivity index (χ0v) is 11.7. The van der Waals surface area contributed by atoms with E-state index in [1.54, 1.807) is 0 Å². The minimum atomic E-state index is -0.338. The molecular weight excluding hydrogens is 242 g/mol. The summed E-state index contributed by atoms with van der Waals surface area (Å²) in [4.78, 5) is 23.7. The minimum absolute atomic E-state index is 0.00833. The monoisotopic (exact) mass is 267 g/mol. The molecule has 3 N–H and O–H groups in total. The van der Waals surface area contributed by atoms with E-state index in [2.05, 4.69) is 16.0 Å². The Morgan fingerprint density at radius 1 is 1.11 bits per heavy atom. The molecular formula is C14H25N3O2. The quantitative estimate of drug-likeness (QED) is 0.696. The van der Waals surface area contributed by atoms with Crippen molar-refractivity contribution in [3.05, 3.63) is 0 Å². The van der Waals surface area contributed by atoms with E-state index < -0.39 is 0 Å². The Morgan fingerprint density at radius 3 is 2.32 bits per heavy atom. The molecule has 2 rings (SSSR count). The standard InChI is InChI=1S/C14H25N3O2/c1-10(18)16-13(11-4-2-3-5-11)14(19)17-12-6-8-15-9-7-12/h11-13,15H,2-9H2,1H3,(H,16,18)(H,17,19). The second-order valence-corrected chi connectivity index (χ2v) is 5.76. The molecule has 1 saturated carbocycles.